The van der Waals surface area contributed by atoms with E-state index in [2.05, 4.69) is 26.0 Å². The van der Waals surface area contributed by atoms with Crippen molar-refractivity contribution in [3.63, 3.8) is 0 Å². The molecule has 0 heterocycles. The lowest BCUT2D eigenvalue weighted by Gasteiger charge is -2.26. The van der Waals surface area contributed by atoms with Gasteiger partial charge in [0, 0.05) is 6.42 Å². The standard InChI is InChI=1S/C20H32O3/c1-15(2)19(12-20(22)16(3)10-11-17(4)21)14-23-13-18-8-6-5-7-9-18/h5-9,15-16,19-20,22H,10-14H2,1-4H3. The van der Waals surface area contributed by atoms with Gasteiger partial charge >= 0.3 is 0 Å². The minimum absolute atomic E-state index is 0.147. The quantitative estimate of drug-likeness (QED) is 0.663. The Hall–Kier alpha value is -1.19. The van der Waals surface area contributed by atoms with Crippen LogP contribution in [0.1, 0.15) is 52.5 Å². The number of aliphatic hydroxyl groups excluding tert-OH is 1. The third kappa shape index (κ3) is 8.29. The van der Waals surface area contributed by atoms with E-state index < -0.39 is 0 Å². The van der Waals surface area contributed by atoms with E-state index in [4.69, 9.17) is 4.74 Å². The lowest BCUT2D eigenvalue weighted by Crippen LogP contribution is -2.27. The van der Waals surface area contributed by atoms with Crippen LogP contribution in [0.2, 0.25) is 0 Å². The number of ketones is 1. The molecule has 1 aromatic carbocycles. The second-order valence-electron chi connectivity index (χ2n) is 7.03. The van der Waals surface area contributed by atoms with Crippen LogP contribution in [-0.4, -0.2) is 23.6 Å². The zero-order valence-corrected chi connectivity index (χ0v) is 15.0. The Morgan fingerprint density at radius 3 is 2.39 bits per heavy atom. The van der Waals surface area contributed by atoms with Crippen LogP contribution in [0.15, 0.2) is 30.3 Å². The molecule has 0 bridgehead atoms. The monoisotopic (exact) mass is 320 g/mol. The molecule has 0 saturated heterocycles. The Kier molecular flexibility index (Phi) is 9.12. The summed E-state index contributed by atoms with van der Waals surface area (Å²) < 4.78 is 5.86. The van der Waals surface area contributed by atoms with Gasteiger partial charge in [-0.1, -0.05) is 51.1 Å². The summed E-state index contributed by atoms with van der Waals surface area (Å²) in [6.45, 7) is 9.24. The average molecular weight is 320 g/mol. The predicted octanol–water partition coefficient (Wildman–Crippen LogP) is 4.23. The van der Waals surface area contributed by atoms with E-state index >= 15 is 0 Å². The number of rotatable bonds is 11. The zero-order valence-electron chi connectivity index (χ0n) is 15.0. The van der Waals surface area contributed by atoms with Gasteiger partial charge < -0.3 is 14.6 Å². The van der Waals surface area contributed by atoms with Gasteiger partial charge in [-0.25, -0.2) is 0 Å². The van der Waals surface area contributed by atoms with Crippen LogP contribution in [-0.2, 0) is 16.1 Å². The van der Waals surface area contributed by atoms with Crippen LogP contribution in [0.3, 0.4) is 0 Å². The van der Waals surface area contributed by atoms with Crippen molar-refractivity contribution in [3.8, 4) is 0 Å². The fraction of sp³-hybridized carbons (Fsp3) is 0.650. The molecule has 3 heteroatoms. The normalized spacial score (nSPS) is 15.4. The lowest BCUT2D eigenvalue weighted by atomic mass is 9.85. The zero-order chi connectivity index (χ0) is 17.2. The van der Waals surface area contributed by atoms with Crippen molar-refractivity contribution in [1.29, 1.82) is 0 Å². The average Bonchev–Trinajstić information content (AvgIpc) is 2.52. The molecule has 0 aliphatic heterocycles. The van der Waals surface area contributed by atoms with Crippen LogP contribution in [0.5, 0.6) is 0 Å². The van der Waals surface area contributed by atoms with Gasteiger partial charge in [-0.2, -0.15) is 0 Å². The topological polar surface area (TPSA) is 46.5 Å². The van der Waals surface area contributed by atoms with E-state index in [1.54, 1.807) is 6.92 Å². The SMILES string of the molecule is CC(=O)CCC(C)C(O)CC(COCc1ccccc1)C(C)C. The minimum atomic E-state index is -0.373. The molecule has 1 N–H and O–H groups in total. The molecule has 0 aliphatic carbocycles. The molecule has 130 valence electrons. The fourth-order valence-electron chi connectivity index (χ4n) is 2.60. The Morgan fingerprint density at radius 2 is 1.83 bits per heavy atom. The molecule has 0 amide bonds. The van der Waals surface area contributed by atoms with Crippen molar-refractivity contribution in [2.24, 2.45) is 17.8 Å². The van der Waals surface area contributed by atoms with Crippen LogP contribution in [0.4, 0.5) is 0 Å². The first kappa shape index (κ1) is 19.9. The summed E-state index contributed by atoms with van der Waals surface area (Å²) in [5.74, 6) is 1.12. The molecule has 0 fully saturated rings. The first-order chi connectivity index (χ1) is 10.9. The highest BCUT2D eigenvalue weighted by Crippen LogP contribution is 2.23. The second kappa shape index (κ2) is 10.6. The van der Waals surface area contributed by atoms with Gasteiger partial charge in [-0.05, 0) is 43.1 Å². The van der Waals surface area contributed by atoms with E-state index in [-0.39, 0.29) is 17.8 Å². The number of hydrogen-bond acceptors (Lipinski definition) is 3. The fourth-order valence-corrected chi connectivity index (χ4v) is 2.60. The van der Waals surface area contributed by atoms with Crippen molar-refractivity contribution in [2.45, 2.75) is 59.7 Å². The number of benzene rings is 1. The maximum atomic E-state index is 11.1. The van der Waals surface area contributed by atoms with Gasteiger partial charge in [0.2, 0.25) is 0 Å². The molecule has 1 rings (SSSR count). The molecule has 23 heavy (non-hydrogen) atoms. The van der Waals surface area contributed by atoms with Crippen molar-refractivity contribution in [1.82, 2.24) is 0 Å². The second-order valence-corrected chi connectivity index (χ2v) is 7.03. The third-order valence-electron chi connectivity index (χ3n) is 4.54. The highest BCUT2D eigenvalue weighted by Gasteiger charge is 2.22. The number of aliphatic hydroxyl groups is 1. The van der Waals surface area contributed by atoms with E-state index in [0.717, 1.165) is 12.8 Å². The molecule has 3 atom stereocenters. The summed E-state index contributed by atoms with van der Waals surface area (Å²) in [6, 6.07) is 10.1. The van der Waals surface area contributed by atoms with Crippen molar-refractivity contribution in [3.05, 3.63) is 35.9 Å². The molecule has 0 saturated carbocycles. The summed E-state index contributed by atoms with van der Waals surface area (Å²) in [5.41, 5.74) is 1.17. The molecular weight excluding hydrogens is 288 g/mol. The highest BCUT2D eigenvalue weighted by molar-refractivity contribution is 5.75. The predicted molar refractivity (Wildman–Crippen MR) is 94.1 cm³/mol. The number of hydrogen-bond donors (Lipinski definition) is 1. The summed E-state index contributed by atoms with van der Waals surface area (Å²) in [7, 11) is 0. The van der Waals surface area contributed by atoms with Gasteiger partial charge in [-0.3, -0.25) is 0 Å². The maximum absolute atomic E-state index is 11.1. The summed E-state index contributed by atoms with van der Waals surface area (Å²) >= 11 is 0. The molecule has 3 nitrogen and oxygen atoms in total. The number of Topliss-reactive ketones (excluding diaryl/α,β-unsaturated/α-hetero) is 1. The molecule has 1 aromatic rings. The third-order valence-corrected chi connectivity index (χ3v) is 4.54. The Labute approximate surface area is 141 Å². The van der Waals surface area contributed by atoms with Crippen LogP contribution < -0.4 is 0 Å². The molecule has 0 spiro atoms. The first-order valence-corrected chi connectivity index (χ1v) is 8.69. The van der Waals surface area contributed by atoms with Gasteiger partial charge in [0.15, 0.2) is 0 Å². The maximum Gasteiger partial charge on any atom is 0.129 e. The minimum Gasteiger partial charge on any atom is -0.393 e. The van der Waals surface area contributed by atoms with Crippen molar-refractivity contribution < 1.29 is 14.6 Å². The van der Waals surface area contributed by atoms with Gasteiger partial charge in [0.05, 0.1) is 19.3 Å². The van der Waals surface area contributed by atoms with Crippen LogP contribution >= 0.6 is 0 Å². The van der Waals surface area contributed by atoms with Crippen LogP contribution in [0, 0.1) is 17.8 Å². The molecule has 0 radical (unpaired) electrons. The van der Waals surface area contributed by atoms with E-state index in [9.17, 15) is 9.90 Å². The van der Waals surface area contributed by atoms with Crippen LogP contribution in [0.25, 0.3) is 0 Å². The molecule has 3 unspecified atom stereocenters. The van der Waals surface area contributed by atoms with E-state index in [1.807, 2.05) is 25.1 Å². The first-order valence-electron chi connectivity index (χ1n) is 8.69. The van der Waals surface area contributed by atoms with Crippen molar-refractivity contribution in [2.75, 3.05) is 6.61 Å². The van der Waals surface area contributed by atoms with Crippen molar-refractivity contribution >= 4 is 5.78 Å². The molecule has 0 aliphatic rings. The molecular formula is C20H32O3. The smallest absolute Gasteiger partial charge is 0.129 e. The summed E-state index contributed by atoms with van der Waals surface area (Å²) in [5, 5.41) is 10.4. The Morgan fingerprint density at radius 1 is 1.17 bits per heavy atom. The van der Waals surface area contributed by atoms with Gasteiger partial charge in [0.1, 0.15) is 5.78 Å². The van der Waals surface area contributed by atoms with Gasteiger partial charge in [-0.15, -0.1) is 0 Å². The summed E-state index contributed by atoms with van der Waals surface area (Å²) in [4.78, 5) is 11.1. The number of ether oxygens (including phenoxy) is 1. The van der Waals surface area contributed by atoms with Gasteiger partial charge in [0.25, 0.3) is 0 Å². The highest BCUT2D eigenvalue weighted by atomic mass is 16.5. The number of carbonyl (C=O) groups is 1. The number of carbonyl (C=O) groups excluding carboxylic acids is 1. The molecule has 0 aromatic heterocycles. The Balaban J connectivity index is 2.40. The summed E-state index contributed by atoms with van der Waals surface area (Å²) in [6.07, 6.45) is 1.66. The van der Waals surface area contributed by atoms with E-state index in [0.29, 0.717) is 31.5 Å². The lowest BCUT2D eigenvalue weighted by molar-refractivity contribution is -0.117. The van der Waals surface area contributed by atoms with E-state index in [1.165, 1.54) is 5.56 Å². The Bertz CT molecular complexity index is 441. The largest absolute Gasteiger partial charge is 0.393 e.